The lowest BCUT2D eigenvalue weighted by atomic mass is 10.2. The Morgan fingerprint density at radius 2 is 1.56 bits per heavy atom. The molecule has 0 aliphatic carbocycles. The van der Waals surface area contributed by atoms with Gasteiger partial charge in [0.1, 0.15) is 16.4 Å². The molecule has 0 atom stereocenters. The second-order valence-electron chi connectivity index (χ2n) is 7.59. The first-order chi connectivity index (χ1) is 17.3. The number of aryl methyl sites for hydroxylation is 1. The van der Waals surface area contributed by atoms with Crippen LogP contribution in [0.2, 0.25) is 0 Å². The van der Waals surface area contributed by atoms with Gasteiger partial charge >= 0.3 is 16.1 Å². The number of para-hydroxylation sites is 1. The molecule has 1 aromatic heterocycles. The molecule has 0 amide bonds. The summed E-state index contributed by atoms with van der Waals surface area (Å²) in [7, 11) is -4.43. The van der Waals surface area contributed by atoms with Crippen LogP contribution in [0.25, 0.3) is 5.69 Å². The maximum absolute atomic E-state index is 13.0. The third-order valence-electron chi connectivity index (χ3n) is 4.93. The zero-order valence-electron chi connectivity index (χ0n) is 19.5. The van der Waals surface area contributed by atoms with Crippen LogP contribution in [0.1, 0.15) is 23.0 Å². The van der Waals surface area contributed by atoms with Gasteiger partial charge in [0.2, 0.25) is 5.69 Å². The molecule has 1 heterocycles. The highest BCUT2D eigenvalue weighted by Gasteiger charge is 2.25. The summed E-state index contributed by atoms with van der Waals surface area (Å²) in [6.45, 7) is 3.48. The highest BCUT2D eigenvalue weighted by molar-refractivity contribution is 7.87. The van der Waals surface area contributed by atoms with Crippen molar-refractivity contribution in [1.82, 2.24) is 9.78 Å². The minimum absolute atomic E-state index is 0.0131. The fourth-order valence-corrected chi connectivity index (χ4v) is 4.11. The number of nitrogens with zero attached hydrogens (tertiary/aromatic N) is 2. The van der Waals surface area contributed by atoms with Crippen LogP contribution in [0, 0.1) is 6.92 Å². The van der Waals surface area contributed by atoms with Crippen LogP contribution in [-0.4, -0.2) is 30.8 Å². The Labute approximate surface area is 207 Å². The predicted octanol–water partition coefficient (Wildman–Crippen LogP) is 4.28. The molecule has 4 rings (SSSR count). The largest absolute Gasteiger partial charge is 0.461 e. The fraction of sp³-hybridized carbons (Fsp3) is 0.115. The second kappa shape index (κ2) is 10.4. The van der Waals surface area contributed by atoms with Crippen LogP contribution in [0.4, 0.5) is 0 Å². The molecule has 0 unspecified atom stereocenters. The molecule has 0 aliphatic heterocycles. The lowest BCUT2D eigenvalue weighted by Crippen LogP contribution is -2.26. The predicted molar refractivity (Wildman–Crippen MR) is 131 cm³/mol. The standard InChI is InChI=1S/C26H22N2O7S/c1-3-33-26(30)25-23(17-24(29)28(27-25)19-11-9-18(2)10-12-19)35-36(31,32)22-15-13-21(14-16-22)34-20-7-5-4-6-8-20/h4-17H,3H2,1-2H3. The lowest BCUT2D eigenvalue weighted by molar-refractivity contribution is 0.0515. The SMILES string of the molecule is CCOC(=O)c1nn(-c2ccc(C)cc2)c(=O)cc1OS(=O)(=O)c1ccc(Oc2ccccc2)cc1. The van der Waals surface area contributed by atoms with E-state index in [1.54, 1.807) is 43.3 Å². The van der Waals surface area contributed by atoms with Gasteiger partial charge in [0, 0.05) is 0 Å². The Bertz CT molecular complexity index is 1530. The minimum Gasteiger partial charge on any atom is -0.461 e. The molecule has 0 bridgehead atoms. The van der Waals surface area contributed by atoms with Crippen LogP contribution in [-0.2, 0) is 14.9 Å². The topological polar surface area (TPSA) is 114 Å². The van der Waals surface area contributed by atoms with Gasteiger partial charge in [-0.05, 0) is 62.4 Å². The van der Waals surface area contributed by atoms with Gasteiger partial charge in [-0.1, -0.05) is 35.9 Å². The third kappa shape index (κ3) is 5.61. The van der Waals surface area contributed by atoms with E-state index in [1.807, 2.05) is 25.1 Å². The normalized spacial score (nSPS) is 11.1. The van der Waals surface area contributed by atoms with Crippen molar-refractivity contribution < 1.29 is 26.9 Å². The van der Waals surface area contributed by atoms with Crippen LogP contribution >= 0.6 is 0 Å². The van der Waals surface area contributed by atoms with Gasteiger partial charge in [-0.3, -0.25) is 4.79 Å². The van der Waals surface area contributed by atoms with Crippen molar-refractivity contribution in [1.29, 1.82) is 0 Å². The Morgan fingerprint density at radius 1 is 0.917 bits per heavy atom. The van der Waals surface area contributed by atoms with Gasteiger partial charge < -0.3 is 13.7 Å². The number of hydrogen-bond acceptors (Lipinski definition) is 8. The second-order valence-corrected chi connectivity index (χ2v) is 9.13. The summed E-state index contributed by atoms with van der Waals surface area (Å²) in [4.78, 5) is 25.1. The molecule has 0 aliphatic rings. The van der Waals surface area contributed by atoms with Gasteiger partial charge in [0.15, 0.2) is 5.75 Å². The zero-order valence-corrected chi connectivity index (χ0v) is 20.3. The number of carbonyl (C=O) groups excluding carboxylic acids is 1. The number of esters is 1. The molecular formula is C26H22N2O7S. The summed E-state index contributed by atoms with van der Waals surface area (Å²) in [5.74, 6) is -0.472. The molecule has 184 valence electrons. The Morgan fingerprint density at radius 3 is 2.19 bits per heavy atom. The Balaban J connectivity index is 1.66. The minimum atomic E-state index is -4.43. The van der Waals surface area contributed by atoms with E-state index in [2.05, 4.69) is 5.10 Å². The maximum Gasteiger partial charge on any atom is 0.362 e. The molecule has 9 nitrogen and oxygen atoms in total. The van der Waals surface area contributed by atoms with E-state index in [0.717, 1.165) is 16.3 Å². The number of aromatic nitrogens is 2. The highest BCUT2D eigenvalue weighted by atomic mass is 32.2. The molecule has 0 radical (unpaired) electrons. The average Bonchev–Trinajstić information content (AvgIpc) is 2.86. The quantitative estimate of drug-likeness (QED) is 0.257. The Hall–Kier alpha value is -4.44. The summed E-state index contributed by atoms with van der Waals surface area (Å²) in [5.41, 5.74) is 0.205. The highest BCUT2D eigenvalue weighted by Crippen LogP contribution is 2.25. The van der Waals surface area contributed by atoms with Crippen LogP contribution < -0.4 is 14.5 Å². The summed E-state index contributed by atoms with van der Waals surface area (Å²) in [6.07, 6.45) is 0. The molecule has 3 aromatic carbocycles. The van der Waals surface area contributed by atoms with E-state index in [0.29, 0.717) is 17.2 Å². The van der Waals surface area contributed by atoms with Gasteiger partial charge in [-0.15, -0.1) is 0 Å². The van der Waals surface area contributed by atoms with Gasteiger partial charge in [-0.25, -0.2) is 4.79 Å². The van der Waals surface area contributed by atoms with Crippen LogP contribution in [0.15, 0.2) is 94.6 Å². The van der Waals surface area contributed by atoms with Crippen molar-refractivity contribution in [3.05, 3.63) is 107 Å². The molecule has 0 saturated carbocycles. The number of benzene rings is 3. The molecule has 0 saturated heterocycles. The first kappa shape index (κ1) is 24.7. The zero-order chi connectivity index (χ0) is 25.7. The maximum atomic E-state index is 13.0. The number of ether oxygens (including phenoxy) is 2. The van der Waals surface area contributed by atoms with E-state index in [9.17, 15) is 18.0 Å². The van der Waals surface area contributed by atoms with Crippen molar-refractivity contribution in [2.75, 3.05) is 6.61 Å². The molecule has 36 heavy (non-hydrogen) atoms. The molecular weight excluding hydrogens is 484 g/mol. The monoisotopic (exact) mass is 506 g/mol. The summed E-state index contributed by atoms with van der Waals surface area (Å²) in [5, 5.41) is 4.05. The summed E-state index contributed by atoms with van der Waals surface area (Å²) in [6, 6.07) is 22.2. The fourth-order valence-electron chi connectivity index (χ4n) is 3.18. The summed E-state index contributed by atoms with van der Waals surface area (Å²) >= 11 is 0. The lowest BCUT2D eigenvalue weighted by Gasteiger charge is -2.13. The number of hydrogen-bond donors (Lipinski definition) is 0. The number of carbonyl (C=O) groups is 1. The van der Waals surface area contributed by atoms with Crippen molar-refractivity contribution in [2.24, 2.45) is 0 Å². The molecule has 0 N–H and O–H groups in total. The van der Waals surface area contributed by atoms with E-state index < -0.39 is 33.1 Å². The van der Waals surface area contributed by atoms with E-state index in [1.165, 1.54) is 24.3 Å². The molecule has 4 aromatic rings. The van der Waals surface area contributed by atoms with Crippen molar-refractivity contribution in [2.45, 2.75) is 18.7 Å². The third-order valence-corrected chi connectivity index (χ3v) is 6.18. The van der Waals surface area contributed by atoms with Gasteiger partial charge in [0.25, 0.3) is 5.56 Å². The Kier molecular flexibility index (Phi) is 7.16. The first-order valence-corrected chi connectivity index (χ1v) is 12.3. The first-order valence-electron chi connectivity index (χ1n) is 10.9. The average molecular weight is 507 g/mol. The number of rotatable bonds is 8. The molecule has 10 heteroatoms. The van der Waals surface area contributed by atoms with Crippen LogP contribution in [0.5, 0.6) is 17.2 Å². The van der Waals surface area contributed by atoms with Crippen molar-refractivity contribution in [3.63, 3.8) is 0 Å². The smallest absolute Gasteiger partial charge is 0.362 e. The van der Waals surface area contributed by atoms with Crippen LogP contribution in [0.3, 0.4) is 0 Å². The summed E-state index contributed by atoms with van der Waals surface area (Å²) < 4.78 is 42.7. The van der Waals surface area contributed by atoms with E-state index in [4.69, 9.17) is 13.7 Å². The van der Waals surface area contributed by atoms with E-state index >= 15 is 0 Å². The van der Waals surface area contributed by atoms with E-state index in [-0.39, 0.29) is 11.5 Å². The molecule has 0 fully saturated rings. The van der Waals surface area contributed by atoms with Crippen molar-refractivity contribution >= 4 is 16.1 Å². The molecule has 0 spiro atoms. The van der Waals surface area contributed by atoms with Gasteiger partial charge in [0.05, 0.1) is 18.4 Å². The van der Waals surface area contributed by atoms with Crippen molar-refractivity contribution in [3.8, 4) is 22.9 Å². The van der Waals surface area contributed by atoms with Gasteiger partial charge in [-0.2, -0.15) is 18.2 Å².